The summed E-state index contributed by atoms with van der Waals surface area (Å²) in [6.07, 6.45) is 1.57. The van der Waals surface area contributed by atoms with Crippen molar-refractivity contribution in [2.75, 3.05) is 18.5 Å². The van der Waals surface area contributed by atoms with Crippen LogP contribution < -0.4 is 15.4 Å². The Morgan fingerprint density at radius 3 is 2.31 bits per heavy atom. The summed E-state index contributed by atoms with van der Waals surface area (Å²) < 4.78 is 19.0. The molecule has 216 valence electrons. The van der Waals surface area contributed by atoms with Crippen LogP contribution in [0.5, 0.6) is 5.75 Å². The molecular weight excluding hydrogens is 535 g/mol. The van der Waals surface area contributed by atoms with E-state index in [9.17, 15) is 23.9 Å². The largest absolute Gasteiger partial charge is 0.494 e. The number of para-hydroxylation sites is 1. The van der Waals surface area contributed by atoms with E-state index in [4.69, 9.17) is 4.74 Å². The van der Waals surface area contributed by atoms with E-state index in [-0.39, 0.29) is 30.3 Å². The van der Waals surface area contributed by atoms with Gasteiger partial charge in [0.1, 0.15) is 17.6 Å². The lowest BCUT2D eigenvalue weighted by Crippen LogP contribution is -2.32. The van der Waals surface area contributed by atoms with Crippen molar-refractivity contribution in [2.45, 2.75) is 31.7 Å². The lowest BCUT2D eigenvalue weighted by molar-refractivity contribution is -0.137. The SMILES string of the molecule is O=C(CCc1cccc(F)c1)NCCCOc1ccc(C[C@H](Nc2ccccc2C(=O)c2ccccc2)C(=O)O)cc1. The van der Waals surface area contributed by atoms with Crippen LogP contribution in [0.4, 0.5) is 10.1 Å². The molecule has 0 aliphatic rings. The van der Waals surface area contributed by atoms with E-state index >= 15 is 0 Å². The Hall–Kier alpha value is -4.98. The number of amides is 1. The van der Waals surface area contributed by atoms with Gasteiger partial charge in [-0.3, -0.25) is 9.59 Å². The molecule has 0 unspecified atom stereocenters. The van der Waals surface area contributed by atoms with Crippen molar-refractivity contribution in [3.8, 4) is 5.75 Å². The summed E-state index contributed by atoms with van der Waals surface area (Å²) in [6.45, 7) is 0.856. The number of hydrogen-bond donors (Lipinski definition) is 3. The molecule has 0 saturated carbocycles. The Kier molecular flexibility index (Phi) is 10.8. The fourth-order valence-electron chi connectivity index (χ4n) is 4.43. The lowest BCUT2D eigenvalue weighted by Gasteiger charge is -2.18. The molecule has 0 heterocycles. The fourth-order valence-corrected chi connectivity index (χ4v) is 4.43. The van der Waals surface area contributed by atoms with Crippen molar-refractivity contribution in [3.05, 3.63) is 131 Å². The third kappa shape index (κ3) is 9.02. The quantitative estimate of drug-likeness (QED) is 0.126. The molecule has 7 nitrogen and oxygen atoms in total. The highest BCUT2D eigenvalue weighted by Gasteiger charge is 2.21. The minimum Gasteiger partial charge on any atom is -0.494 e. The number of aliphatic carboxylic acids is 1. The van der Waals surface area contributed by atoms with Crippen molar-refractivity contribution in [3.63, 3.8) is 0 Å². The first-order valence-electron chi connectivity index (χ1n) is 13.8. The average Bonchev–Trinajstić information content (AvgIpc) is 3.00. The van der Waals surface area contributed by atoms with E-state index in [1.165, 1.54) is 12.1 Å². The monoisotopic (exact) mass is 568 g/mol. The van der Waals surface area contributed by atoms with Gasteiger partial charge in [-0.25, -0.2) is 9.18 Å². The normalized spacial score (nSPS) is 11.4. The molecule has 0 fully saturated rings. The molecule has 0 aromatic heterocycles. The standard InChI is InChI=1S/C34H33FN2O5/c35-27-11-6-8-24(22-27)16-19-32(38)36-20-7-21-42-28-17-14-25(15-18-28)23-31(34(40)41)37-30-13-5-4-12-29(30)33(39)26-9-2-1-3-10-26/h1-6,8-15,17-18,22,31,37H,7,16,19-21,23H2,(H,36,38)(H,40,41)/t31-/m0/s1. The van der Waals surface area contributed by atoms with Gasteiger partial charge in [0, 0.05) is 36.2 Å². The molecule has 0 aliphatic heterocycles. The van der Waals surface area contributed by atoms with E-state index in [1.54, 1.807) is 72.8 Å². The maximum Gasteiger partial charge on any atom is 0.326 e. The van der Waals surface area contributed by atoms with Crippen molar-refractivity contribution in [2.24, 2.45) is 0 Å². The van der Waals surface area contributed by atoms with Crippen LogP contribution in [0, 0.1) is 5.82 Å². The van der Waals surface area contributed by atoms with E-state index in [1.807, 2.05) is 18.2 Å². The van der Waals surface area contributed by atoms with Gasteiger partial charge in [-0.15, -0.1) is 0 Å². The van der Waals surface area contributed by atoms with Crippen LogP contribution in [0.3, 0.4) is 0 Å². The Morgan fingerprint density at radius 1 is 0.833 bits per heavy atom. The number of ketones is 1. The summed E-state index contributed by atoms with van der Waals surface area (Å²) in [4.78, 5) is 37.2. The number of carboxylic acid groups (broad SMARTS) is 1. The summed E-state index contributed by atoms with van der Waals surface area (Å²) in [5, 5.41) is 15.8. The summed E-state index contributed by atoms with van der Waals surface area (Å²) in [6, 6.07) is 28.2. The molecule has 1 amide bonds. The van der Waals surface area contributed by atoms with Crippen molar-refractivity contribution in [1.29, 1.82) is 0 Å². The van der Waals surface area contributed by atoms with E-state index in [0.29, 0.717) is 48.6 Å². The summed E-state index contributed by atoms with van der Waals surface area (Å²) >= 11 is 0. The molecule has 0 spiro atoms. The lowest BCUT2D eigenvalue weighted by atomic mass is 10.00. The van der Waals surface area contributed by atoms with Crippen LogP contribution in [-0.2, 0) is 22.4 Å². The first kappa shape index (κ1) is 30.0. The predicted molar refractivity (Wildman–Crippen MR) is 159 cm³/mol. The van der Waals surface area contributed by atoms with Gasteiger partial charge in [-0.2, -0.15) is 0 Å². The second-order valence-corrected chi connectivity index (χ2v) is 9.81. The second kappa shape index (κ2) is 15.1. The number of benzene rings is 4. The third-order valence-corrected chi connectivity index (χ3v) is 6.64. The number of aryl methyl sites for hydroxylation is 1. The number of carbonyl (C=O) groups is 3. The van der Waals surface area contributed by atoms with Gasteiger partial charge in [0.2, 0.25) is 5.91 Å². The van der Waals surface area contributed by atoms with Crippen LogP contribution in [0.2, 0.25) is 0 Å². The first-order valence-corrected chi connectivity index (χ1v) is 13.8. The zero-order chi connectivity index (χ0) is 29.7. The minimum atomic E-state index is -1.03. The molecule has 0 bridgehead atoms. The number of halogens is 1. The molecule has 42 heavy (non-hydrogen) atoms. The Balaban J connectivity index is 1.23. The highest BCUT2D eigenvalue weighted by Crippen LogP contribution is 2.22. The Morgan fingerprint density at radius 2 is 1.57 bits per heavy atom. The predicted octanol–water partition coefficient (Wildman–Crippen LogP) is 5.68. The molecule has 0 radical (unpaired) electrons. The Bertz CT molecular complexity index is 1490. The van der Waals surface area contributed by atoms with Crippen LogP contribution in [-0.4, -0.2) is 42.0 Å². The molecule has 0 saturated heterocycles. The second-order valence-electron chi connectivity index (χ2n) is 9.81. The molecule has 3 N–H and O–H groups in total. The Labute approximate surface area is 244 Å². The maximum absolute atomic E-state index is 13.2. The van der Waals surface area contributed by atoms with Gasteiger partial charge in [0.15, 0.2) is 5.78 Å². The van der Waals surface area contributed by atoms with E-state index in [0.717, 1.165) is 11.1 Å². The van der Waals surface area contributed by atoms with Gasteiger partial charge in [-0.1, -0.05) is 66.7 Å². The van der Waals surface area contributed by atoms with Gasteiger partial charge < -0.3 is 20.5 Å². The van der Waals surface area contributed by atoms with Crippen LogP contribution in [0.1, 0.15) is 39.9 Å². The average molecular weight is 569 g/mol. The highest BCUT2D eigenvalue weighted by atomic mass is 19.1. The number of ether oxygens (including phenoxy) is 1. The number of anilines is 1. The van der Waals surface area contributed by atoms with Crippen LogP contribution >= 0.6 is 0 Å². The molecular formula is C34H33FN2O5. The van der Waals surface area contributed by atoms with Gasteiger partial charge >= 0.3 is 5.97 Å². The van der Waals surface area contributed by atoms with E-state index in [2.05, 4.69) is 10.6 Å². The van der Waals surface area contributed by atoms with Crippen molar-refractivity contribution >= 4 is 23.3 Å². The number of carboxylic acids is 1. The smallest absolute Gasteiger partial charge is 0.326 e. The minimum absolute atomic E-state index is 0.0998. The maximum atomic E-state index is 13.2. The van der Waals surface area contributed by atoms with Gasteiger partial charge in [0.05, 0.1) is 6.61 Å². The zero-order valence-electron chi connectivity index (χ0n) is 23.1. The van der Waals surface area contributed by atoms with E-state index < -0.39 is 12.0 Å². The fraction of sp³-hybridized carbons (Fsp3) is 0.206. The molecule has 4 rings (SSSR count). The molecule has 4 aromatic rings. The topological polar surface area (TPSA) is 105 Å². The number of nitrogens with one attached hydrogen (secondary N) is 2. The van der Waals surface area contributed by atoms with Crippen LogP contribution in [0.25, 0.3) is 0 Å². The third-order valence-electron chi connectivity index (χ3n) is 6.64. The highest BCUT2D eigenvalue weighted by molar-refractivity contribution is 6.12. The number of hydrogen-bond acceptors (Lipinski definition) is 5. The van der Waals surface area contributed by atoms with Gasteiger partial charge in [0.25, 0.3) is 0 Å². The molecule has 4 aromatic carbocycles. The molecule has 1 atom stereocenters. The molecule has 0 aliphatic carbocycles. The summed E-state index contributed by atoms with van der Waals surface area (Å²) in [5.41, 5.74) is 2.96. The number of carbonyl (C=O) groups excluding carboxylic acids is 2. The summed E-state index contributed by atoms with van der Waals surface area (Å²) in [7, 11) is 0. The molecule has 8 heteroatoms. The van der Waals surface area contributed by atoms with Crippen LogP contribution in [0.15, 0.2) is 103 Å². The zero-order valence-corrected chi connectivity index (χ0v) is 23.1. The first-order chi connectivity index (χ1) is 20.4. The summed E-state index contributed by atoms with van der Waals surface area (Å²) in [5.74, 6) is -0.996. The van der Waals surface area contributed by atoms with Crippen molar-refractivity contribution < 1.29 is 28.6 Å². The number of rotatable bonds is 15. The van der Waals surface area contributed by atoms with Crippen molar-refractivity contribution in [1.82, 2.24) is 5.32 Å². The van der Waals surface area contributed by atoms with Gasteiger partial charge in [-0.05, 0) is 60.4 Å².